The third-order valence-corrected chi connectivity index (χ3v) is 6.79. The molecule has 1 amide bonds. The Morgan fingerprint density at radius 1 is 1.25 bits per heavy atom. The number of amides is 1. The summed E-state index contributed by atoms with van der Waals surface area (Å²) in [5, 5.41) is 8.35. The molecule has 2 aromatic carbocycles. The first-order valence-corrected chi connectivity index (χ1v) is 12.3. The number of benzene rings is 2. The number of fused-ring (bicyclic) bond motifs is 1. The van der Waals surface area contributed by atoms with Gasteiger partial charge in [0.1, 0.15) is 0 Å². The molecule has 168 valence electrons. The molecule has 0 spiro atoms. The number of carbonyl (C=O) groups is 1. The molecular weight excluding hydrogens is 448 g/mol. The first-order valence-electron chi connectivity index (χ1n) is 9.87. The lowest BCUT2D eigenvalue weighted by Gasteiger charge is -2.16. The number of nitrogens with zero attached hydrogens (tertiary/aromatic N) is 2. The van der Waals surface area contributed by atoms with Crippen molar-refractivity contribution < 1.29 is 13.2 Å². The Bertz CT molecular complexity index is 1300. The fourth-order valence-corrected chi connectivity index (χ4v) is 4.52. The number of rotatable bonds is 9. The van der Waals surface area contributed by atoms with Crippen molar-refractivity contribution in [3.05, 3.63) is 77.1 Å². The van der Waals surface area contributed by atoms with Gasteiger partial charge in [-0.25, -0.2) is 18.5 Å². The van der Waals surface area contributed by atoms with E-state index in [1.165, 1.54) is 23.9 Å². The number of primary sulfonamides is 1. The molecule has 3 N–H and O–H groups in total. The lowest BCUT2D eigenvalue weighted by atomic mass is 10.1. The highest BCUT2D eigenvalue weighted by Gasteiger charge is 2.19. The van der Waals surface area contributed by atoms with Gasteiger partial charge in [0.2, 0.25) is 15.9 Å². The molecule has 0 aliphatic heterocycles. The summed E-state index contributed by atoms with van der Waals surface area (Å²) in [6, 6.07) is 13.3. The lowest BCUT2D eigenvalue weighted by Crippen LogP contribution is -2.32. The van der Waals surface area contributed by atoms with E-state index in [0.29, 0.717) is 35.6 Å². The maximum Gasteiger partial charge on any atom is 0.262 e. The van der Waals surface area contributed by atoms with Gasteiger partial charge in [-0.05, 0) is 43.2 Å². The van der Waals surface area contributed by atoms with Crippen molar-refractivity contribution in [3.8, 4) is 0 Å². The summed E-state index contributed by atoms with van der Waals surface area (Å²) in [5.41, 5.74) is 1.20. The zero-order valence-electron chi connectivity index (χ0n) is 17.5. The number of carbonyl (C=O) groups excluding carboxylic acids is 1. The van der Waals surface area contributed by atoms with Gasteiger partial charge in [-0.1, -0.05) is 42.1 Å². The fraction of sp³-hybridized carbons (Fsp3) is 0.227. The third-order valence-electron chi connectivity index (χ3n) is 4.77. The normalized spacial score (nSPS) is 12.4. The first kappa shape index (κ1) is 23.7. The summed E-state index contributed by atoms with van der Waals surface area (Å²) in [5.74, 6) is -0.178. The molecule has 0 saturated heterocycles. The highest BCUT2D eigenvalue weighted by Crippen LogP contribution is 2.23. The van der Waals surface area contributed by atoms with E-state index in [1.807, 2.05) is 0 Å². The molecule has 0 aliphatic rings. The quantitative estimate of drug-likeness (QED) is 0.279. The van der Waals surface area contributed by atoms with E-state index in [-0.39, 0.29) is 16.4 Å². The number of sulfonamides is 1. The van der Waals surface area contributed by atoms with Crippen LogP contribution in [-0.4, -0.2) is 35.7 Å². The number of hydrogen-bond acceptors (Lipinski definition) is 6. The summed E-state index contributed by atoms with van der Waals surface area (Å²) in [4.78, 5) is 30.1. The molecule has 0 aliphatic carbocycles. The second kappa shape index (κ2) is 10.1. The van der Waals surface area contributed by atoms with Crippen LogP contribution >= 0.6 is 11.8 Å². The Morgan fingerprint density at radius 2 is 1.94 bits per heavy atom. The van der Waals surface area contributed by atoms with Crippen LogP contribution in [0.25, 0.3) is 10.9 Å². The van der Waals surface area contributed by atoms with E-state index >= 15 is 0 Å². The second-order valence-electron chi connectivity index (χ2n) is 7.10. The molecule has 8 nitrogen and oxygen atoms in total. The average Bonchev–Trinajstić information content (AvgIpc) is 2.77. The van der Waals surface area contributed by atoms with Gasteiger partial charge in [0.15, 0.2) is 5.16 Å². The second-order valence-corrected chi connectivity index (χ2v) is 9.97. The van der Waals surface area contributed by atoms with Crippen LogP contribution in [0.3, 0.4) is 0 Å². The summed E-state index contributed by atoms with van der Waals surface area (Å²) in [6.07, 6.45) is 2.07. The Labute approximate surface area is 190 Å². The predicted octanol–water partition coefficient (Wildman–Crippen LogP) is 2.07. The molecule has 0 radical (unpaired) electrons. The molecule has 0 bridgehead atoms. The lowest BCUT2D eigenvalue weighted by molar-refractivity contribution is -0.120. The van der Waals surface area contributed by atoms with Crippen LogP contribution in [0.2, 0.25) is 0 Å². The Kier molecular flexibility index (Phi) is 7.49. The van der Waals surface area contributed by atoms with E-state index in [2.05, 4.69) is 16.9 Å². The number of aryl methyl sites for hydroxylation is 1. The van der Waals surface area contributed by atoms with Gasteiger partial charge in [0, 0.05) is 13.1 Å². The maximum absolute atomic E-state index is 13.2. The Balaban J connectivity index is 1.91. The molecule has 0 fully saturated rings. The van der Waals surface area contributed by atoms with Crippen LogP contribution in [0.1, 0.15) is 12.5 Å². The molecule has 3 aromatic rings. The topological polar surface area (TPSA) is 124 Å². The molecule has 1 heterocycles. The smallest absolute Gasteiger partial charge is 0.262 e. The molecule has 32 heavy (non-hydrogen) atoms. The van der Waals surface area contributed by atoms with Crippen molar-refractivity contribution in [2.24, 2.45) is 5.14 Å². The Hall–Kier alpha value is -2.95. The molecule has 0 saturated carbocycles. The van der Waals surface area contributed by atoms with Crippen molar-refractivity contribution in [1.82, 2.24) is 14.9 Å². The largest absolute Gasteiger partial charge is 0.352 e. The van der Waals surface area contributed by atoms with Crippen LogP contribution in [0.5, 0.6) is 0 Å². The number of nitrogens with two attached hydrogens (primary N) is 1. The number of aromatic nitrogens is 2. The van der Waals surface area contributed by atoms with Crippen LogP contribution in [0.4, 0.5) is 0 Å². The monoisotopic (exact) mass is 472 g/mol. The van der Waals surface area contributed by atoms with E-state index in [1.54, 1.807) is 54.0 Å². The fourth-order valence-electron chi connectivity index (χ4n) is 3.05. The average molecular weight is 473 g/mol. The van der Waals surface area contributed by atoms with Crippen molar-refractivity contribution in [3.63, 3.8) is 0 Å². The van der Waals surface area contributed by atoms with E-state index in [0.717, 1.165) is 5.56 Å². The molecule has 1 aromatic heterocycles. The summed E-state index contributed by atoms with van der Waals surface area (Å²) in [7, 11) is -3.77. The number of thioether (sulfide) groups is 1. The highest BCUT2D eigenvalue weighted by molar-refractivity contribution is 8.00. The zero-order valence-corrected chi connectivity index (χ0v) is 19.2. The van der Waals surface area contributed by atoms with Gasteiger partial charge < -0.3 is 5.32 Å². The van der Waals surface area contributed by atoms with Gasteiger partial charge >= 0.3 is 0 Å². The van der Waals surface area contributed by atoms with Gasteiger partial charge in [-0.15, -0.1) is 6.58 Å². The van der Waals surface area contributed by atoms with Crippen LogP contribution in [0.15, 0.2) is 76.0 Å². The number of hydrogen-bond donors (Lipinski definition) is 2. The minimum Gasteiger partial charge on any atom is -0.352 e. The maximum atomic E-state index is 13.2. The molecule has 10 heteroatoms. The standard InChI is InChI=1S/C22H24N4O4S2/c1-3-13-24-20(27)15(2)31-22-25-19-7-5-4-6-18(19)21(28)26(22)14-12-16-8-10-17(11-9-16)32(23,29)30/h3-11,15H,1,12-14H2,2H3,(H,24,27)(H2,23,29,30). The predicted molar refractivity (Wildman–Crippen MR) is 126 cm³/mol. The minimum absolute atomic E-state index is 0.0291. The molecule has 3 rings (SSSR count). The van der Waals surface area contributed by atoms with Crippen LogP contribution in [0, 0.1) is 0 Å². The van der Waals surface area contributed by atoms with Crippen molar-refractivity contribution in [2.45, 2.75) is 35.2 Å². The molecule has 1 unspecified atom stereocenters. The van der Waals surface area contributed by atoms with Gasteiger partial charge in [0.25, 0.3) is 5.56 Å². The van der Waals surface area contributed by atoms with Crippen molar-refractivity contribution in [2.75, 3.05) is 6.54 Å². The number of nitrogens with one attached hydrogen (secondary N) is 1. The third kappa shape index (κ3) is 5.64. The van der Waals surface area contributed by atoms with Gasteiger partial charge in [-0.2, -0.15) is 0 Å². The summed E-state index contributed by atoms with van der Waals surface area (Å²) in [6.45, 7) is 6.01. The summed E-state index contributed by atoms with van der Waals surface area (Å²) < 4.78 is 24.4. The zero-order chi connectivity index (χ0) is 23.3. The van der Waals surface area contributed by atoms with Crippen molar-refractivity contribution >= 4 is 38.6 Å². The van der Waals surface area contributed by atoms with E-state index < -0.39 is 15.3 Å². The van der Waals surface area contributed by atoms with Crippen molar-refractivity contribution in [1.29, 1.82) is 0 Å². The molecule has 1 atom stereocenters. The van der Waals surface area contributed by atoms with Crippen LogP contribution in [-0.2, 0) is 27.8 Å². The highest BCUT2D eigenvalue weighted by atomic mass is 32.2. The first-order chi connectivity index (χ1) is 15.2. The van der Waals surface area contributed by atoms with Gasteiger partial charge in [0.05, 0.1) is 21.0 Å². The van der Waals surface area contributed by atoms with Crippen LogP contribution < -0.4 is 16.0 Å². The van der Waals surface area contributed by atoms with E-state index in [4.69, 9.17) is 5.14 Å². The minimum atomic E-state index is -3.77. The SMILES string of the molecule is C=CCNC(=O)C(C)Sc1nc2ccccc2c(=O)n1CCc1ccc(S(N)(=O)=O)cc1. The Morgan fingerprint density at radius 3 is 2.59 bits per heavy atom. The number of para-hydroxylation sites is 1. The van der Waals surface area contributed by atoms with Gasteiger partial charge in [-0.3, -0.25) is 14.2 Å². The van der Waals surface area contributed by atoms with E-state index in [9.17, 15) is 18.0 Å². The molecular formula is C22H24N4O4S2. The summed E-state index contributed by atoms with van der Waals surface area (Å²) >= 11 is 1.21.